The molecule has 0 radical (unpaired) electrons. The summed E-state index contributed by atoms with van der Waals surface area (Å²) in [6.07, 6.45) is 1.97. The second-order valence-corrected chi connectivity index (χ2v) is 8.36. The summed E-state index contributed by atoms with van der Waals surface area (Å²) in [5.74, 6) is 0.432. The molecule has 33 heavy (non-hydrogen) atoms. The van der Waals surface area contributed by atoms with Gasteiger partial charge in [-0.05, 0) is 79.4 Å². The van der Waals surface area contributed by atoms with Crippen molar-refractivity contribution in [3.05, 3.63) is 95.1 Å². The van der Waals surface area contributed by atoms with Gasteiger partial charge in [0.25, 0.3) is 5.91 Å². The highest BCUT2D eigenvalue weighted by molar-refractivity contribution is 6.16. The van der Waals surface area contributed by atoms with Gasteiger partial charge in [-0.1, -0.05) is 42.5 Å². The summed E-state index contributed by atoms with van der Waals surface area (Å²) in [5.41, 5.74) is 5.41. The van der Waals surface area contributed by atoms with Crippen LogP contribution in [0.15, 0.2) is 78.4 Å². The third-order valence-electron chi connectivity index (χ3n) is 6.10. The van der Waals surface area contributed by atoms with Crippen molar-refractivity contribution in [2.75, 3.05) is 23.5 Å². The van der Waals surface area contributed by atoms with Crippen LogP contribution in [0.25, 0.3) is 6.08 Å². The molecule has 5 nitrogen and oxygen atoms in total. The van der Waals surface area contributed by atoms with Crippen LogP contribution in [-0.2, 0) is 9.59 Å². The molecule has 1 atom stereocenters. The summed E-state index contributed by atoms with van der Waals surface area (Å²) in [4.78, 5) is 30.5. The lowest BCUT2D eigenvalue weighted by atomic mass is 9.98. The normalized spacial score (nSPS) is 16.8. The second-order valence-electron chi connectivity index (χ2n) is 8.36. The Bertz CT molecular complexity index is 1200. The molecule has 1 aliphatic rings. The minimum absolute atomic E-state index is 0.0114. The fourth-order valence-electron chi connectivity index (χ4n) is 4.13. The molecule has 4 rings (SSSR count). The van der Waals surface area contributed by atoms with E-state index in [0.717, 1.165) is 28.0 Å². The number of piperazine rings is 1. The third kappa shape index (κ3) is 4.53. The fourth-order valence-corrected chi connectivity index (χ4v) is 4.13. The first-order chi connectivity index (χ1) is 15.9. The molecule has 3 aromatic rings. The number of benzene rings is 3. The fraction of sp³-hybridized carbons (Fsp3) is 0.214. The lowest BCUT2D eigenvalue weighted by molar-refractivity contribution is -0.127. The average molecular weight is 441 g/mol. The molecular weight excluding hydrogens is 412 g/mol. The van der Waals surface area contributed by atoms with E-state index in [1.165, 1.54) is 0 Å². The summed E-state index contributed by atoms with van der Waals surface area (Å²) >= 11 is 0. The van der Waals surface area contributed by atoms with Crippen molar-refractivity contribution in [2.24, 2.45) is 0 Å². The quantitative estimate of drug-likeness (QED) is 0.550. The Morgan fingerprint density at radius 2 is 1.58 bits per heavy atom. The molecule has 1 aliphatic heterocycles. The van der Waals surface area contributed by atoms with Gasteiger partial charge in [0, 0.05) is 11.4 Å². The van der Waals surface area contributed by atoms with Crippen LogP contribution in [0.2, 0.25) is 0 Å². The number of carbonyl (C=O) groups is 2. The molecule has 2 amide bonds. The van der Waals surface area contributed by atoms with E-state index in [-0.39, 0.29) is 18.4 Å². The first kappa shape index (κ1) is 22.3. The van der Waals surface area contributed by atoms with Crippen LogP contribution in [0.5, 0.6) is 5.75 Å². The van der Waals surface area contributed by atoms with Gasteiger partial charge in [-0.3, -0.25) is 14.5 Å². The Kier molecular flexibility index (Phi) is 6.31. The van der Waals surface area contributed by atoms with Gasteiger partial charge in [0.2, 0.25) is 5.91 Å². The van der Waals surface area contributed by atoms with E-state index in [1.54, 1.807) is 29.0 Å². The second kappa shape index (κ2) is 9.33. The number of amides is 2. The largest absolute Gasteiger partial charge is 0.497 e. The molecule has 1 saturated heterocycles. The van der Waals surface area contributed by atoms with Gasteiger partial charge in [-0.2, -0.15) is 0 Å². The van der Waals surface area contributed by atoms with E-state index in [2.05, 4.69) is 0 Å². The van der Waals surface area contributed by atoms with Gasteiger partial charge < -0.3 is 9.64 Å². The summed E-state index contributed by atoms with van der Waals surface area (Å²) < 4.78 is 5.26. The molecule has 0 bridgehead atoms. The molecule has 0 N–H and O–H groups in total. The van der Waals surface area contributed by atoms with E-state index in [9.17, 15) is 9.59 Å². The lowest BCUT2D eigenvalue weighted by Gasteiger charge is -2.41. The smallest absolute Gasteiger partial charge is 0.254 e. The average Bonchev–Trinajstić information content (AvgIpc) is 2.82. The minimum atomic E-state index is -0.749. The number of anilines is 2. The Morgan fingerprint density at radius 3 is 2.21 bits per heavy atom. The van der Waals surface area contributed by atoms with E-state index in [4.69, 9.17) is 4.74 Å². The summed E-state index contributed by atoms with van der Waals surface area (Å²) in [7, 11) is 1.60. The number of aryl methyl sites for hydroxylation is 2. The number of nitrogens with zero attached hydrogens (tertiary/aromatic N) is 2. The molecule has 1 unspecified atom stereocenters. The predicted molar refractivity (Wildman–Crippen MR) is 133 cm³/mol. The van der Waals surface area contributed by atoms with Crippen molar-refractivity contribution >= 4 is 29.3 Å². The molecule has 0 spiro atoms. The minimum Gasteiger partial charge on any atom is -0.497 e. The maximum Gasteiger partial charge on any atom is 0.254 e. The highest BCUT2D eigenvalue weighted by Crippen LogP contribution is 2.31. The highest BCUT2D eigenvalue weighted by Gasteiger charge is 2.41. The van der Waals surface area contributed by atoms with Crippen molar-refractivity contribution in [1.82, 2.24) is 0 Å². The topological polar surface area (TPSA) is 49.9 Å². The van der Waals surface area contributed by atoms with Gasteiger partial charge in [-0.15, -0.1) is 0 Å². The molecule has 0 aromatic heterocycles. The van der Waals surface area contributed by atoms with Crippen molar-refractivity contribution in [1.29, 1.82) is 0 Å². The SMILES string of the molecule is COc1ccc(N2C(=O)CN(c3ccc(C)c(C)c3)C(=O)C2/C(C)=C/c2ccccc2)cc1. The zero-order valence-electron chi connectivity index (χ0n) is 19.4. The number of hydrogen-bond donors (Lipinski definition) is 0. The van der Waals surface area contributed by atoms with Gasteiger partial charge in [0.05, 0.1) is 7.11 Å². The third-order valence-corrected chi connectivity index (χ3v) is 6.10. The zero-order valence-corrected chi connectivity index (χ0v) is 19.4. The summed E-state index contributed by atoms with van der Waals surface area (Å²) in [5, 5.41) is 0. The number of methoxy groups -OCH3 is 1. The van der Waals surface area contributed by atoms with Crippen LogP contribution in [0.4, 0.5) is 11.4 Å². The van der Waals surface area contributed by atoms with E-state index in [0.29, 0.717) is 11.4 Å². The van der Waals surface area contributed by atoms with Crippen LogP contribution in [0.3, 0.4) is 0 Å². The first-order valence-electron chi connectivity index (χ1n) is 11.0. The van der Waals surface area contributed by atoms with E-state index >= 15 is 0 Å². The Morgan fingerprint density at radius 1 is 0.909 bits per heavy atom. The Hall–Kier alpha value is -3.86. The van der Waals surface area contributed by atoms with Crippen molar-refractivity contribution in [3.8, 4) is 5.75 Å². The van der Waals surface area contributed by atoms with E-state index < -0.39 is 6.04 Å². The maximum absolute atomic E-state index is 13.9. The molecule has 168 valence electrons. The molecule has 1 heterocycles. The number of carbonyl (C=O) groups excluding carboxylic acids is 2. The van der Waals surface area contributed by atoms with Crippen molar-refractivity contribution in [2.45, 2.75) is 26.8 Å². The van der Waals surface area contributed by atoms with Crippen molar-refractivity contribution in [3.63, 3.8) is 0 Å². The van der Waals surface area contributed by atoms with Crippen LogP contribution in [-0.4, -0.2) is 31.5 Å². The van der Waals surface area contributed by atoms with Gasteiger partial charge in [0.1, 0.15) is 18.3 Å². The van der Waals surface area contributed by atoms with E-state index in [1.807, 2.05) is 87.5 Å². The van der Waals surface area contributed by atoms with Gasteiger partial charge >= 0.3 is 0 Å². The van der Waals surface area contributed by atoms with Crippen LogP contribution in [0.1, 0.15) is 23.6 Å². The highest BCUT2D eigenvalue weighted by atomic mass is 16.5. The Labute approximate surface area is 194 Å². The maximum atomic E-state index is 13.9. The Balaban J connectivity index is 1.79. The van der Waals surface area contributed by atoms with Crippen LogP contribution in [0, 0.1) is 13.8 Å². The molecule has 5 heteroatoms. The van der Waals surface area contributed by atoms with Gasteiger partial charge in [-0.25, -0.2) is 0 Å². The zero-order chi connectivity index (χ0) is 23.5. The molecule has 1 fully saturated rings. The monoisotopic (exact) mass is 440 g/mol. The summed E-state index contributed by atoms with van der Waals surface area (Å²) in [6, 6.07) is 22.2. The van der Waals surface area contributed by atoms with Crippen molar-refractivity contribution < 1.29 is 14.3 Å². The molecule has 0 saturated carbocycles. The molecular formula is C28H28N2O3. The number of ether oxygens (including phenoxy) is 1. The predicted octanol–water partition coefficient (Wildman–Crippen LogP) is 5.16. The standard InChI is InChI=1S/C28H28N2O3/c1-19-10-11-24(17-20(19)2)29-18-26(31)30(23-12-14-25(33-4)15-13-23)27(28(29)32)21(3)16-22-8-6-5-7-9-22/h5-17,27H,18H2,1-4H3/b21-16+. The van der Waals surface area contributed by atoms with Crippen LogP contribution < -0.4 is 14.5 Å². The lowest BCUT2D eigenvalue weighted by Crippen LogP contribution is -2.61. The number of rotatable bonds is 5. The van der Waals surface area contributed by atoms with Crippen LogP contribution >= 0.6 is 0 Å². The number of hydrogen-bond acceptors (Lipinski definition) is 3. The molecule has 0 aliphatic carbocycles. The first-order valence-corrected chi connectivity index (χ1v) is 11.0. The molecule has 3 aromatic carbocycles. The summed E-state index contributed by atoms with van der Waals surface area (Å²) in [6.45, 7) is 5.94. The van der Waals surface area contributed by atoms with Gasteiger partial charge in [0.15, 0.2) is 0 Å².